The molecule has 105 heavy (non-hydrogen) atoms. The van der Waals surface area contributed by atoms with Gasteiger partial charge in [0.05, 0.1) is 17.1 Å². The Kier molecular flexibility index (Phi) is 14.1. The molecule has 14 aromatic carbocycles. The summed E-state index contributed by atoms with van der Waals surface area (Å²) in [7, 11) is 0. The van der Waals surface area contributed by atoms with E-state index in [1.165, 1.54) is 153 Å². The minimum Gasteiger partial charge on any atom is -0.456 e. The van der Waals surface area contributed by atoms with Gasteiger partial charge in [-0.2, -0.15) is 0 Å². The lowest BCUT2D eigenvalue weighted by molar-refractivity contribution is -0.0399. The molecule has 10 aliphatic carbocycles. The van der Waals surface area contributed by atoms with Gasteiger partial charge in [-0.15, -0.1) is 0 Å². The first-order chi connectivity index (χ1) is 52.0. The van der Waals surface area contributed by atoms with Gasteiger partial charge in [0.1, 0.15) is 11.2 Å². The third-order valence-corrected chi connectivity index (χ3v) is 27.1. The number of hydrogen-bond acceptors (Lipinski definition) is 3. The van der Waals surface area contributed by atoms with Crippen LogP contribution in [0.25, 0.3) is 99.5 Å². The molecule has 0 saturated heterocycles. The van der Waals surface area contributed by atoms with Crippen molar-refractivity contribution in [2.24, 2.45) is 47.3 Å². The van der Waals surface area contributed by atoms with E-state index < -0.39 is 0 Å². The van der Waals surface area contributed by atoms with Gasteiger partial charge in [0.2, 0.25) is 0 Å². The van der Waals surface area contributed by atoms with Gasteiger partial charge >= 0.3 is 0 Å². The lowest BCUT2D eigenvalue weighted by atomic mass is 9.43. The number of furan rings is 1. The molecule has 0 aliphatic heterocycles. The Bertz CT molecular complexity index is 5840. The van der Waals surface area contributed by atoms with Crippen LogP contribution in [-0.4, -0.2) is 0 Å². The van der Waals surface area contributed by atoms with E-state index >= 15 is 0 Å². The summed E-state index contributed by atoms with van der Waals surface area (Å²) in [5.74, 6) is 6.97. The zero-order valence-corrected chi connectivity index (χ0v) is 59.2. The highest BCUT2D eigenvalue weighted by molar-refractivity contribution is 6.07. The van der Waals surface area contributed by atoms with E-state index in [2.05, 4.69) is 331 Å². The molecular formula is C102H82N2O. The Morgan fingerprint density at radius 1 is 0.229 bits per heavy atom. The molecule has 25 rings (SSSR count). The van der Waals surface area contributed by atoms with E-state index in [9.17, 15) is 0 Å². The van der Waals surface area contributed by atoms with Crippen LogP contribution in [0.3, 0.4) is 0 Å². The maximum Gasteiger partial charge on any atom is 0.137 e. The maximum absolute atomic E-state index is 6.41. The molecule has 506 valence electrons. The number of para-hydroxylation sites is 3. The highest BCUT2D eigenvalue weighted by Gasteiger charge is 2.63. The Hall–Kier alpha value is -11.3. The van der Waals surface area contributed by atoms with Crippen LogP contribution in [0.5, 0.6) is 0 Å². The highest BCUT2D eigenvalue weighted by atomic mass is 16.3. The number of anilines is 6. The molecular weight excluding hydrogens is 1270 g/mol. The number of nitrogens with zero attached hydrogens (tertiary/aromatic N) is 2. The van der Waals surface area contributed by atoms with Gasteiger partial charge in [-0.1, -0.05) is 249 Å². The number of rotatable bonds is 10. The number of fused-ring (bicyclic) bond motifs is 10. The Morgan fingerprint density at radius 3 is 1.14 bits per heavy atom. The van der Waals surface area contributed by atoms with Gasteiger partial charge < -0.3 is 14.2 Å². The van der Waals surface area contributed by atoms with E-state index in [0.29, 0.717) is 0 Å². The largest absolute Gasteiger partial charge is 0.456 e. The molecule has 0 amide bonds. The van der Waals surface area contributed by atoms with Crippen molar-refractivity contribution in [1.82, 2.24) is 0 Å². The Balaban J connectivity index is 0.000000132. The zero-order chi connectivity index (χ0) is 68.9. The molecule has 15 aromatic rings. The molecule has 1 aromatic heterocycles. The van der Waals surface area contributed by atoms with Crippen molar-refractivity contribution >= 4 is 66.8 Å². The number of benzene rings is 14. The molecule has 8 bridgehead atoms. The lowest BCUT2D eigenvalue weighted by Gasteiger charge is -2.61. The van der Waals surface area contributed by atoms with Crippen LogP contribution in [0.1, 0.15) is 86.5 Å². The summed E-state index contributed by atoms with van der Waals surface area (Å²) in [5.41, 5.74) is 31.3. The van der Waals surface area contributed by atoms with Crippen LogP contribution >= 0.6 is 0 Å². The van der Waals surface area contributed by atoms with Crippen molar-refractivity contribution in [3.05, 3.63) is 350 Å². The Labute approximate surface area is 616 Å². The van der Waals surface area contributed by atoms with Gasteiger partial charge in [-0.3, -0.25) is 0 Å². The van der Waals surface area contributed by atoms with Gasteiger partial charge in [0.25, 0.3) is 0 Å². The monoisotopic (exact) mass is 1350 g/mol. The SMILES string of the molecule is c1ccc(-c2ccccc2N(c2ccc(-c3ccc4c(c3)-c3ccccc3C43C4CC5CC(C4)CC3C5)cc2)c2ccc3c(c2)oc2ccccc23)cc1.c1ccc(-c2ccccc2N(c2ccc(-c3ccc4c(c3)-c3ccccc3C43C4CC5CC(C4)CC3C5)cc2)c2cccc3ccccc23)cc1. The summed E-state index contributed by atoms with van der Waals surface area (Å²) in [6, 6.07) is 122. The van der Waals surface area contributed by atoms with Crippen LogP contribution in [0.15, 0.2) is 332 Å². The molecule has 1 heterocycles. The van der Waals surface area contributed by atoms with Crippen LogP contribution in [0.4, 0.5) is 34.1 Å². The zero-order valence-electron chi connectivity index (χ0n) is 59.2. The first-order valence-electron chi connectivity index (χ1n) is 39.0. The normalized spacial score (nSPS) is 23.5. The van der Waals surface area contributed by atoms with Crippen molar-refractivity contribution in [2.45, 2.75) is 75.0 Å². The summed E-state index contributed by atoms with van der Waals surface area (Å²) in [6.07, 6.45) is 14.3. The molecule has 2 spiro atoms. The van der Waals surface area contributed by atoms with Gasteiger partial charge in [0.15, 0.2) is 0 Å². The molecule has 10 aliphatic rings. The average Bonchev–Trinajstić information content (AvgIpc) is 1.56. The van der Waals surface area contributed by atoms with E-state index in [1.807, 2.05) is 6.07 Å². The van der Waals surface area contributed by atoms with Crippen LogP contribution in [0, 0.1) is 47.3 Å². The Morgan fingerprint density at radius 2 is 0.610 bits per heavy atom. The minimum absolute atomic E-state index is 0.204. The summed E-state index contributed by atoms with van der Waals surface area (Å²) < 4.78 is 6.41. The highest BCUT2D eigenvalue weighted by Crippen LogP contribution is 2.71. The fraction of sp³-hybridized carbons (Fsp3) is 0.196. The second-order valence-corrected chi connectivity index (χ2v) is 32.3. The van der Waals surface area contributed by atoms with Crippen LogP contribution in [0.2, 0.25) is 0 Å². The van der Waals surface area contributed by atoms with Gasteiger partial charge in [-0.25, -0.2) is 0 Å². The first-order valence-corrected chi connectivity index (χ1v) is 39.0. The van der Waals surface area contributed by atoms with E-state index in [0.717, 1.165) is 92.0 Å². The number of hydrogen-bond donors (Lipinski definition) is 0. The first kappa shape index (κ1) is 61.2. The van der Waals surface area contributed by atoms with Gasteiger partial charge in [-0.05, 0) is 268 Å². The van der Waals surface area contributed by atoms with Crippen LogP contribution in [-0.2, 0) is 10.8 Å². The summed E-state index contributed by atoms with van der Waals surface area (Å²) in [4.78, 5) is 4.83. The molecule has 0 N–H and O–H groups in total. The fourth-order valence-corrected chi connectivity index (χ4v) is 23.4. The van der Waals surface area contributed by atoms with Crippen molar-refractivity contribution in [2.75, 3.05) is 9.80 Å². The van der Waals surface area contributed by atoms with E-state index in [1.54, 1.807) is 22.3 Å². The average molecular weight is 1350 g/mol. The predicted octanol–water partition coefficient (Wildman–Crippen LogP) is 27.5. The summed E-state index contributed by atoms with van der Waals surface area (Å²) in [6.45, 7) is 0. The van der Waals surface area contributed by atoms with Crippen molar-refractivity contribution in [1.29, 1.82) is 0 Å². The summed E-state index contributed by atoms with van der Waals surface area (Å²) in [5, 5.41) is 4.76. The van der Waals surface area contributed by atoms with E-state index in [4.69, 9.17) is 4.42 Å². The van der Waals surface area contributed by atoms with Crippen molar-refractivity contribution in [3.8, 4) is 66.8 Å². The molecule has 3 nitrogen and oxygen atoms in total. The molecule has 8 saturated carbocycles. The van der Waals surface area contributed by atoms with Crippen LogP contribution < -0.4 is 9.80 Å². The quantitative estimate of drug-likeness (QED) is 0.136. The predicted molar refractivity (Wildman–Crippen MR) is 435 cm³/mol. The smallest absolute Gasteiger partial charge is 0.137 e. The molecule has 0 atom stereocenters. The second-order valence-electron chi connectivity index (χ2n) is 32.3. The molecule has 8 fully saturated rings. The fourth-order valence-electron chi connectivity index (χ4n) is 23.4. The van der Waals surface area contributed by atoms with Crippen molar-refractivity contribution in [3.63, 3.8) is 0 Å². The van der Waals surface area contributed by atoms with Gasteiger partial charge in [0, 0.05) is 61.2 Å². The molecule has 0 unspecified atom stereocenters. The second kappa shape index (κ2) is 24.2. The van der Waals surface area contributed by atoms with E-state index in [-0.39, 0.29) is 10.8 Å². The third-order valence-electron chi connectivity index (χ3n) is 27.1. The summed E-state index contributed by atoms with van der Waals surface area (Å²) >= 11 is 0. The standard InChI is InChI=1S/C52H41NO.C50H41N/c1-2-10-36(11-3-1)42-12-5-8-16-49(42)53(41-23-24-45-44-14-6-9-17-50(44)54-51(45)32-41)40-21-18-35(19-22-40)37-20-25-48-46(31-37)43-13-4-7-15-47(43)52(48)38-27-33-26-34(29-38)30-39(52)28-33;1-2-11-36(12-3-1)42-16-7-9-19-48(42)51(49-20-10-14-37-13-4-5-15-43(37)49)41-24-21-35(22-25-41)38-23-26-47-45(32-38)44-17-6-8-18-46(44)50(47)39-28-33-27-34(30-39)31-40(50)29-33/h1-25,31-34,38-39H,26-30H2;1-26,32-34,39-40H,27-31H2. The molecule has 0 radical (unpaired) electrons. The topological polar surface area (TPSA) is 19.6 Å². The van der Waals surface area contributed by atoms with Crippen molar-refractivity contribution < 1.29 is 4.42 Å². The molecule has 3 heteroatoms. The third kappa shape index (κ3) is 9.48. The minimum atomic E-state index is 0.204. The lowest BCUT2D eigenvalue weighted by Crippen LogP contribution is -2.55. The maximum atomic E-state index is 6.41.